The third-order valence-electron chi connectivity index (χ3n) is 6.54. The van der Waals surface area contributed by atoms with E-state index in [2.05, 4.69) is 0 Å². The maximum atomic E-state index is 12.6. The van der Waals surface area contributed by atoms with Crippen LogP contribution in [0.25, 0.3) is 0 Å². The van der Waals surface area contributed by atoms with E-state index in [1.807, 2.05) is 11.0 Å². The van der Waals surface area contributed by atoms with Gasteiger partial charge in [0.1, 0.15) is 5.75 Å². The average Bonchev–Trinajstić information content (AvgIpc) is 2.97. The number of ether oxygens (including phenoxy) is 1. The normalized spacial score (nSPS) is 26.9. The fourth-order valence-corrected chi connectivity index (χ4v) is 4.89. The third-order valence-corrected chi connectivity index (χ3v) is 6.54. The zero-order chi connectivity index (χ0) is 17.9. The highest BCUT2D eigenvalue weighted by atomic mass is 16.5. The van der Waals surface area contributed by atoms with Crippen LogP contribution in [0.2, 0.25) is 0 Å². The van der Waals surface area contributed by atoms with Crippen molar-refractivity contribution in [3.8, 4) is 5.75 Å². The van der Waals surface area contributed by atoms with E-state index in [9.17, 15) is 9.90 Å². The number of rotatable bonds is 5. The average molecular weight is 357 g/mol. The lowest BCUT2D eigenvalue weighted by Gasteiger charge is -2.32. The number of hydrogen-bond donors (Lipinski definition) is 1. The molecule has 2 fully saturated rings. The predicted octanol–water partition coefficient (Wildman–Crippen LogP) is 4.50. The SMILES string of the molecule is O=C1c2cc(O)ccc2CN1CC1CCC(COC2CCCCC2)CC1. The summed E-state index contributed by atoms with van der Waals surface area (Å²) in [4.78, 5) is 14.5. The number of nitrogens with zero attached hydrogens (tertiary/aromatic N) is 1. The first-order valence-corrected chi connectivity index (χ1v) is 10.4. The Balaban J connectivity index is 1.21. The molecule has 4 heteroatoms. The number of aromatic hydroxyl groups is 1. The largest absolute Gasteiger partial charge is 0.508 e. The molecule has 2 aliphatic carbocycles. The topological polar surface area (TPSA) is 49.8 Å². The highest BCUT2D eigenvalue weighted by Gasteiger charge is 2.31. The Morgan fingerprint density at radius 1 is 1.00 bits per heavy atom. The number of phenolic OH excluding ortho intramolecular Hbond substituents is 1. The van der Waals surface area contributed by atoms with Crippen LogP contribution >= 0.6 is 0 Å². The van der Waals surface area contributed by atoms with Crippen molar-refractivity contribution in [2.75, 3.05) is 13.2 Å². The standard InChI is InChI=1S/C22H31NO3/c24-19-11-10-18-14-23(22(25)21(18)12-19)13-16-6-8-17(9-7-16)15-26-20-4-2-1-3-5-20/h10-12,16-17,20,24H,1-9,13-15H2. The highest BCUT2D eigenvalue weighted by Crippen LogP contribution is 2.33. The van der Waals surface area contributed by atoms with E-state index in [-0.39, 0.29) is 11.7 Å². The fraction of sp³-hybridized carbons (Fsp3) is 0.682. The Morgan fingerprint density at radius 3 is 2.50 bits per heavy atom. The molecule has 1 aliphatic heterocycles. The molecule has 1 heterocycles. The minimum atomic E-state index is 0.0821. The van der Waals surface area contributed by atoms with Crippen molar-refractivity contribution in [3.05, 3.63) is 29.3 Å². The van der Waals surface area contributed by atoms with Gasteiger partial charge in [0.2, 0.25) is 0 Å². The molecule has 2 saturated carbocycles. The zero-order valence-corrected chi connectivity index (χ0v) is 15.7. The van der Waals surface area contributed by atoms with Gasteiger partial charge in [-0.05, 0) is 68.1 Å². The van der Waals surface area contributed by atoms with Gasteiger partial charge in [0.25, 0.3) is 5.91 Å². The first-order chi connectivity index (χ1) is 12.7. The van der Waals surface area contributed by atoms with Crippen LogP contribution in [0.4, 0.5) is 0 Å². The zero-order valence-electron chi connectivity index (χ0n) is 15.7. The van der Waals surface area contributed by atoms with Gasteiger partial charge in [0.05, 0.1) is 6.10 Å². The highest BCUT2D eigenvalue weighted by molar-refractivity contribution is 5.98. The lowest BCUT2D eigenvalue weighted by atomic mass is 9.82. The van der Waals surface area contributed by atoms with Crippen LogP contribution in [0.5, 0.6) is 5.75 Å². The number of amides is 1. The summed E-state index contributed by atoms with van der Waals surface area (Å²) in [6.07, 6.45) is 11.9. The Kier molecular flexibility index (Phi) is 5.49. The molecular formula is C22H31NO3. The summed E-state index contributed by atoms with van der Waals surface area (Å²) >= 11 is 0. The van der Waals surface area contributed by atoms with Crippen LogP contribution in [0, 0.1) is 11.8 Å². The summed E-state index contributed by atoms with van der Waals surface area (Å²) in [5, 5.41) is 9.61. The lowest BCUT2D eigenvalue weighted by molar-refractivity contribution is -0.00281. The number of fused-ring (bicyclic) bond motifs is 1. The van der Waals surface area contributed by atoms with E-state index in [1.165, 1.54) is 57.8 Å². The molecule has 0 aromatic heterocycles. The lowest BCUT2D eigenvalue weighted by Crippen LogP contribution is -2.32. The van der Waals surface area contributed by atoms with Crippen LogP contribution in [-0.4, -0.2) is 35.2 Å². The molecular weight excluding hydrogens is 326 g/mol. The summed E-state index contributed by atoms with van der Waals surface area (Å²) in [5.41, 5.74) is 1.72. The van der Waals surface area contributed by atoms with Crippen molar-refractivity contribution in [1.29, 1.82) is 0 Å². The molecule has 0 spiro atoms. The summed E-state index contributed by atoms with van der Waals surface area (Å²) in [6, 6.07) is 5.16. The maximum absolute atomic E-state index is 12.6. The predicted molar refractivity (Wildman–Crippen MR) is 101 cm³/mol. The third kappa shape index (κ3) is 4.06. The van der Waals surface area contributed by atoms with Crippen molar-refractivity contribution < 1.29 is 14.6 Å². The number of hydrogen-bond acceptors (Lipinski definition) is 3. The minimum Gasteiger partial charge on any atom is -0.508 e. The summed E-state index contributed by atoms with van der Waals surface area (Å²) in [7, 11) is 0. The maximum Gasteiger partial charge on any atom is 0.254 e. The summed E-state index contributed by atoms with van der Waals surface area (Å²) < 4.78 is 6.17. The number of carbonyl (C=O) groups is 1. The van der Waals surface area contributed by atoms with Crippen LogP contribution in [-0.2, 0) is 11.3 Å². The van der Waals surface area contributed by atoms with Crippen molar-refractivity contribution >= 4 is 5.91 Å². The molecule has 4 nitrogen and oxygen atoms in total. The smallest absolute Gasteiger partial charge is 0.254 e. The van der Waals surface area contributed by atoms with Gasteiger partial charge < -0.3 is 14.7 Å². The molecule has 0 bridgehead atoms. The van der Waals surface area contributed by atoms with E-state index < -0.39 is 0 Å². The second kappa shape index (κ2) is 7.99. The van der Waals surface area contributed by atoms with E-state index >= 15 is 0 Å². The van der Waals surface area contributed by atoms with Crippen LogP contribution < -0.4 is 0 Å². The van der Waals surface area contributed by atoms with Crippen LogP contribution in [0.3, 0.4) is 0 Å². The van der Waals surface area contributed by atoms with Gasteiger partial charge in [-0.2, -0.15) is 0 Å². The molecule has 1 N–H and O–H groups in total. The van der Waals surface area contributed by atoms with Gasteiger partial charge in [-0.3, -0.25) is 4.79 Å². The molecule has 4 rings (SSSR count). The van der Waals surface area contributed by atoms with Crippen molar-refractivity contribution in [1.82, 2.24) is 4.90 Å². The Hall–Kier alpha value is -1.55. The quantitative estimate of drug-likeness (QED) is 0.844. The van der Waals surface area contributed by atoms with E-state index in [0.717, 1.165) is 18.7 Å². The molecule has 0 radical (unpaired) electrons. The molecule has 1 aromatic rings. The second-order valence-electron chi connectivity index (χ2n) is 8.51. The van der Waals surface area contributed by atoms with E-state index in [4.69, 9.17) is 4.74 Å². The van der Waals surface area contributed by atoms with Gasteiger partial charge in [-0.25, -0.2) is 0 Å². The van der Waals surface area contributed by atoms with Crippen molar-refractivity contribution in [2.24, 2.45) is 11.8 Å². The molecule has 142 valence electrons. The first kappa shape index (κ1) is 17.8. The Labute approximate surface area is 156 Å². The Bertz CT molecular complexity index is 630. The molecule has 1 amide bonds. The van der Waals surface area contributed by atoms with Gasteiger partial charge in [-0.15, -0.1) is 0 Å². The van der Waals surface area contributed by atoms with Gasteiger partial charge in [0.15, 0.2) is 0 Å². The van der Waals surface area contributed by atoms with Crippen molar-refractivity contribution in [3.63, 3.8) is 0 Å². The Morgan fingerprint density at radius 2 is 1.73 bits per heavy atom. The molecule has 26 heavy (non-hydrogen) atoms. The molecule has 1 aromatic carbocycles. The van der Waals surface area contributed by atoms with Crippen LogP contribution in [0.1, 0.15) is 73.7 Å². The van der Waals surface area contributed by atoms with E-state index in [1.54, 1.807) is 12.1 Å². The molecule has 0 saturated heterocycles. The van der Waals surface area contributed by atoms with Gasteiger partial charge in [-0.1, -0.05) is 25.3 Å². The number of phenols is 1. The number of benzene rings is 1. The monoisotopic (exact) mass is 357 g/mol. The minimum absolute atomic E-state index is 0.0821. The molecule has 0 unspecified atom stereocenters. The van der Waals surface area contributed by atoms with Crippen LogP contribution in [0.15, 0.2) is 18.2 Å². The second-order valence-corrected chi connectivity index (χ2v) is 8.51. The van der Waals surface area contributed by atoms with Gasteiger partial charge in [0, 0.05) is 25.3 Å². The first-order valence-electron chi connectivity index (χ1n) is 10.4. The van der Waals surface area contributed by atoms with E-state index in [0.29, 0.717) is 30.0 Å². The molecule has 0 atom stereocenters. The van der Waals surface area contributed by atoms with Gasteiger partial charge >= 0.3 is 0 Å². The summed E-state index contributed by atoms with van der Waals surface area (Å²) in [6.45, 7) is 2.48. The number of carbonyl (C=O) groups excluding carboxylic acids is 1. The van der Waals surface area contributed by atoms with Crippen molar-refractivity contribution in [2.45, 2.75) is 70.4 Å². The fourth-order valence-electron chi connectivity index (χ4n) is 4.89. The molecule has 3 aliphatic rings. The summed E-state index contributed by atoms with van der Waals surface area (Å²) in [5.74, 6) is 1.57.